The number of amides is 4. The van der Waals surface area contributed by atoms with Crippen molar-refractivity contribution in [2.45, 2.75) is 38.6 Å². The van der Waals surface area contributed by atoms with Crippen LogP contribution in [0.4, 0.5) is 16.4 Å². The lowest BCUT2D eigenvalue weighted by Gasteiger charge is -2.27. The molecule has 11 heteroatoms. The van der Waals surface area contributed by atoms with Crippen LogP contribution in [0.25, 0.3) is 20.7 Å². The van der Waals surface area contributed by atoms with Gasteiger partial charge in [0.2, 0.25) is 11.9 Å². The van der Waals surface area contributed by atoms with Crippen LogP contribution in [0.1, 0.15) is 33.1 Å². The van der Waals surface area contributed by atoms with Crippen LogP contribution in [-0.4, -0.2) is 64.6 Å². The van der Waals surface area contributed by atoms with Gasteiger partial charge in [-0.2, -0.15) is 0 Å². The number of nitrogens with one attached hydrogen (secondary N) is 3. The van der Waals surface area contributed by atoms with Crippen molar-refractivity contribution >= 4 is 50.9 Å². The third kappa shape index (κ3) is 5.57. The minimum absolute atomic E-state index is 0.0346. The number of carbonyl (C=O) groups excluding carboxylic acids is 3. The fourth-order valence-corrected chi connectivity index (χ4v) is 5.62. The summed E-state index contributed by atoms with van der Waals surface area (Å²) in [5.41, 5.74) is 0.673. The van der Waals surface area contributed by atoms with E-state index in [2.05, 4.69) is 32.0 Å². The zero-order valence-electron chi connectivity index (χ0n) is 20.9. The average molecular weight is 523 g/mol. The van der Waals surface area contributed by atoms with Crippen molar-refractivity contribution in [1.29, 1.82) is 0 Å². The van der Waals surface area contributed by atoms with Crippen LogP contribution in [0.5, 0.6) is 0 Å². The smallest absolute Gasteiger partial charge is 0.325 e. The molecule has 37 heavy (non-hydrogen) atoms. The predicted molar refractivity (Wildman–Crippen MR) is 142 cm³/mol. The van der Waals surface area contributed by atoms with Crippen LogP contribution in [0, 0.1) is 5.92 Å². The standard InChI is InChI=1S/C26H30N6O4S/c1-26(2)23(34)31-25(35)32(26)10-9-28-24-27-8-5-19(30-24)21-15-17-14-18(3-4-20(17)37-21)29-22(33)13-16-6-11-36-12-7-16/h3-5,8,14-16H,6-7,9-13H2,1-2H3,(H,29,33)(H,27,28,30)(H,31,34,35). The van der Waals surface area contributed by atoms with Gasteiger partial charge >= 0.3 is 6.03 Å². The number of carbonyl (C=O) groups is 3. The van der Waals surface area contributed by atoms with Crippen molar-refractivity contribution in [2.24, 2.45) is 5.92 Å². The average Bonchev–Trinajstić information content (AvgIpc) is 3.38. The predicted octanol–water partition coefficient (Wildman–Crippen LogP) is 3.86. The van der Waals surface area contributed by atoms with E-state index in [0.717, 1.165) is 52.4 Å². The van der Waals surface area contributed by atoms with Crippen molar-refractivity contribution in [2.75, 3.05) is 36.9 Å². The second-order valence-corrected chi connectivity index (χ2v) is 10.9. The minimum atomic E-state index is -0.887. The molecule has 0 saturated carbocycles. The molecule has 2 aliphatic heterocycles. The summed E-state index contributed by atoms with van der Waals surface area (Å²) in [4.78, 5) is 47.9. The Kier molecular flexibility index (Phi) is 7.07. The highest BCUT2D eigenvalue weighted by Crippen LogP contribution is 2.34. The quantitative estimate of drug-likeness (QED) is 0.384. The molecule has 10 nitrogen and oxygen atoms in total. The van der Waals surface area contributed by atoms with Crippen LogP contribution in [0.3, 0.4) is 0 Å². The van der Waals surface area contributed by atoms with Crippen LogP contribution in [0.15, 0.2) is 36.5 Å². The Labute approximate surface area is 218 Å². The number of hydrogen-bond acceptors (Lipinski definition) is 8. The maximum atomic E-state index is 12.5. The molecule has 0 spiro atoms. The molecule has 4 heterocycles. The molecule has 3 aromatic rings. The minimum Gasteiger partial charge on any atom is -0.381 e. The summed E-state index contributed by atoms with van der Waals surface area (Å²) >= 11 is 1.62. The van der Waals surface area contributed by atoms with E-state index in [0.29, 0.717) is 31.4 Å². The van der Waals surface area contributed by atoms with E-state index >= 15 is 0 Å². The van der Waals surface area contributed by atoms with E-state index in [1.807, 2.05) is 24.3 Å². The lowest BCUT2D eigenvalue weighted by molar-refractivity contribution is -0.125. The summed E-state index contributed by atoms with van der Waals surface area (Å²) in [5, 5.41) is 9.56. The van der Waals surface area contributed by atoms with Crippen molar-refractivity contribution in [3.63, 3.8) is 0 Å². The Hall–Kier alpha value is -3.57. The van der Waals surface area contributed by atoms with Gasteiger partial charge in [-0.3, -0.25) is 14.9 Å². The van der Waals surface area contributed by atoms with Crippen LogP contribution in [0.2, 0.25) is 0 Å². The first-order valence-electron chi connectivity index (χ1n) is 12.4. The number of benzene rings is 1. The zero-order chi connectivity index (χ0) is 26.0. The van der Waals surface area contributed by atoms with Gasteiger partial charge in [-0.05, 0) is 68.3 Å². The highest BCUT2D eigenvalue weighted by molar-refractivity contribution is 7.22. The zero-order valence-corrected chi connectivity index (χ0v) is 21.7. The fraction of sp³-hybridized carbons (Fsp3) is 0.423. The number of fused-ring (bicyclic) bond motifs is 1. The lowest BCUT2D eigenvalue weighted by Crippen LogP contribution is -2.46. The van der Waals surface area contributed by atoms with Gasteiger partial charge in [0.25, 0.3) is 5.91 Å². The molecule has 1 aromatic carbocycles. The van der Waals surface area contributed by atoms with E-state index in [4.69, 9.17) is 4.74 Å². The van der Waals surface area contributed by atoms with Gasteiger partial charge in [-0.15, -0.1) is 11.3 Å². The Morgan fingerprint density at radius 1 is 1.22 bits per heavy atom. The highest BCUT2D eigenvalue weighted by Gasteiger charge is 2.45. The van der Waals surface area contributed by atoms with E-state index in [1.54, 1.807) is 31.4 Å². The van der Waals surface area contributed by atoms with Crippen molar-refractivity contribution in [3.8, 4) is 10.6 Å². The van der Waals surface area contributed by atoms with E-state index in [9.17, 15) is 14.4 Å². The van der Waals surface area contributed by atoms with Crippen LogP contribution < -0.4 is 16.0 Å². The molecule has 0 radical (unpaired) electrons. The van der Waals surface area contributed by atoms with E-state index < -0.39 is 11.6 Å². The first-order valence-corrected chi connectivity index (χ1v) is 13.2. The maximum Gasteiger partial charge on any atom is 0.325 e. The second kappa shape index (κ2) is 10.4. The number of aromatic nitrogens is 2. The van der Waals surface area contributed by atoms with E-state index in [1.165, 1.54) is 4.90 Å². The fourth-order valence-electron chi connectivity index (χ4n) is 4.61. The molecule has 0 unspecified atom stereocenters. The normalized spacial score (nSPS) is 17.7. The second-order valence-electron chi connectivity index (χ2n) is 9.83. The Morgan fingerprint density at radius 3 is 2.78 bits per heavy atom. The summed E-state index contributed by atoms with van der Waals surface area (Å²) < 4.78 is 6.47. The third-order valence-electron chi connectivity index (χ3n) is 6.84. The number of nitrogens with zero attached hydrogens (tertiary/aromatic N) is 3. The summed E-state index contributed by atoms with van der Waals surface area (Å²) in [6.45, 7) is 5.64. The number of rotatable bonds is 8. The highest BCUT2D eigenvalue weighted by atomic mass is 32.1. The number of anilines is 2. The van der Waals surface area contributed by atoms with Gasteiger partial charge in [-0.25, -0.2) is 14.8 Å². The molecule has 2 aromatic heterocycles. The van der Waals surface area contributed by atoms with Crippen molar-refractivity contribution in [3.05, 3.63) is 36.5 Å². The maximum absolute atomic E-state index is 12.5. The summed E-state index contributed by atoms with van der Waals surface area (Å²) in [7, 11) is 0. The SMILES string of the molecule is CC1(C)C(=O)NC(=O)N1CCNc1nccc(-c2cc3cc(NC(=O)CC4CCOCC4)ccc3s2)n1. The van der Waals surface area contributed by atoms with Gasteiger partial charge in [0, 0.05) is 49.3 Å². The van der Waals surface area contributed by atoms with Crippen LogP contribution in [-0.2, 0) is 14.3 Å². The number of hydrogen-bond donors (Lipinski definition) is 3. The first kappa shape index (κ1) is 25.1. The number of imide groups is 1. The number of thiophene rings is 1. The van der Waals surface area contributed by atoms with E-state index in [-0.39, 0.29) is 11.8 Å². The number of ether oxygens (including phenoxy) is 1. The molecule has 2 aliphatic rings. The molecule has 4 amide bonds. The summed E-state index contributed by atoms with van der Waals surface area (Å²) in [6.07, 6.45) is 4.07. The van der Waals surface area contributed by atoms with Gasteiger partial charge in [0.1, 0.15) is 5.54 Å². The Balaban J connectivity index is 1.22. The molecular formula is C26H30N6O4S. The van der Waals surface area contributed by atoms with Gasteiger partial charge in [-0.1, -0.05) is 0 Å². The molecule has 194 valence electrons. The monoisotopic (exact) mass is 522 g/mol. The molecular weight excluding hydrogens is 492 g/mol. The molecule has 3 N–H and O–H groups in total. The molecule has 5 rings (SSSR count). The lowest BCUT2D eigenvalue weighted by atomic mass is 9.96. The molecule has 2 fully saturated rings. The molecule has 2 saturated heterocycles. The third-order valence-corrected chi connectivity index (χ3v) is 7.98. The first-order chi connectivity index (χ1) is 17.8. The topological polar surface area (TPSA) is 126 Å². The molecule has 0 aliphatic carbocycles. The Bertz CT molecular complexity index is 1330. The molecule has 0 atom stereocenters. The van der Waals surface area contributed by atoms with Crippen molar-refractivity contribution in [1.82, 2.24) is 20.2 Å². The van der Waals surface area contributed by atoms with Gasteiger partial charge in [0.05, 0.1) is 10.6 Å². The Morgan fingerprint density at radius 2 is 2.03 bits per heavy atom. The summed E-state index contributed by atoms with van der Waals surface area (Å²) in [6, 6.07) is 9.44. The molecule has 0 bridgehead atoms. The van der Waals surface area contributed by atoms with Crippen LogP contribution >= 0.6 is 11.3 Å². The summed E-state index contributed by atoms with van der Waals surface area (Å²) in [5.74, 6) is 0.557. The van der Waals surface area contributed by atoms with Gasteiger partial charge < -0.3 is 20.3 Å². The largest absolute Gasteiger partial charge is 0.381 e. The van der Waals surface area contributed by atoms with Crippen molar-refractivity contribution < 1.29 is 19.1 Å². The number of urea groups is 1. The van der Waals surface area contributed by atoms with Gasteiger partial charge in [0.15, 0.2) is 0 Å².